The summed E-state index contributed by atoms with van der Waals surface area (Å²) in [7, 11) is 1.68. The molecular weight excluding hydrogens is 947 g/mol. The number of alkyl carbamates (subject to hydrolysis) is 1. The number of imidazole rings is 1. The van der Waals surface area contributed by atoms with Crippen LogP contribution in [0.15, 0.2) is 83.7 Å². The van der Waals surface area contributed by atoms with Crippen molar-refractivity contribution in [3.05, 3.63) is 106 Å². The molecule has 3 saturated heterocycles. The first-order valence-corrected chi connectivity index (χ1v) is 26.0. The molecule has 1 saturated carbocycles. The molecule has 1 aromatic heterocycles. The number of piperidine rings is 1. The van der Waals surface area contributed by atoms with Crippen LogP contribution in [0.5, 0.6) is 0 Å². The Morgan fingerprint density at radius 2 is 1.49 bits per heavy atom. The molecule has 3 aromatic carbocycles. The number of aromatic nitrogens is 2. The van der Waals surface area contributed by atoms with Gasteiger partial charge in [0.15, 0.2) is 0 Å². The van der Waals surface area contributed by atoms with Gasteiger partial charge in [0.25, 0.3) is 0 Å². The lowest BCUT2D eigenvalue weighted by molar-refractivity contribution is -0.147. The number of primary amides is 1. The summed E-state index contributed by atoms with van der Waals surface area (Å²) < 4.78 is 8.59. The van der Waals surface area contributed by atoms with E-state index in [4.69, 9.17) is 10.5 Å². The highest BCUT2D eigenvalue weighted by Crippen LogP contribution is 2.35. The number of imide groups is 1. The van der Waals surface area contributed by atoms with Crippen LogP contribution in [0.25, 0.3) is 11.0 Å². The van der Waals surface area contributed by atoms with Gasteiger partial charge in [-0.05, 0) is 126 Å². The predicted molar refractivity (Wildman–Crippen MR) is 274 cm³/mol. The number of hydrogen-bond donors (Lipinski definition) is 5. The molecule has 19 nitrogen and oxygen atoms in total. The molecule has 4 fully saturated rings. The monoisotopic (exact) mass is 1020 g/mol. The maximum absolute atomic E-state index is 14.8. The van der Waals surface area contributed by atoms with Gasteiger partial charge in [-0.3, -0.25) is 48.0 Å². The quantitative estimate of drug-likeness (QED) is 0.106. The van der Waals surface area contributed by atoms with Crippen molar-refractivity contribution in [3.63, 3.8) is 0 Å². The minimum atomic E-state index is -1.24. The molecule has 5 atom stereocenters. The summed E-state index contributed by atoms with van der Waals surface area (Å²) in [5.41, 5.74) is 8.33. The molecule has 4 aromatic rings. The van der Waals surface area contributed by atoms with Gasteiger partial charge in [0.2, 0.25) is 41.4 Å². The zero-order valence-electron chi connectivity index (χ0n) is 42.7. The van der Waals surface area contributed by atoms with Crippen LogP contribution in [-0.4, -0.2) is 109 Å². The number of nitrogens with one attached hydrogen (secondary N) is 4. The number of benzene rings is 3. The molecule has 4 aliphatic rings. The molecule has 6 N–H and O–H groups in total. The van der Waals surface area contributed by atoms with Crippen LogP contribution in [0.4, 0.5) is 4.79 Å². The van der Waals surface area contributed by atoms with Gasteiger partial charge < -0.3 is 36.2 Å². The van der Waals surface area contributed by atoms with Crippen LogP contribution in [0.2, 0.25) is 0 Å². The number of hydrogen-bond acceptors (Lipinski definition) is 10. The lowest BCUT2D eigenvalue weighted by Gasteiger charge is -2.40. The standard InChI is InChI=1S/C55H69N9O10/c1-55(2,3)74-53(72)58-40-32-62(51(70)37-20-17-33(18-21-37)15-16-34-19-24-41-44(31-34)61(4)54(73)64(41)43-26-28-46(66)59-50(43)69)30-29-38-22-25-42(63(38)52(40)71)49(68)57-39(23-27-45(56)65)48(67)60-47(35-11-7-5-8-12-35)36-13-9-6-10-14-36/h5-14,19,24,31,33,37-40,42-43,47H,15-18,20-23,25-30,32H2,1-4H3,(H2,56,65)(H,57,68)(H,58,72)(H,60,67)(H,59,66,69)/t33-,37+,38-,39+,40+,42+,43?/m1/s1. The SMILES string of the molecule is Cn1c(=O)n(C2CCC(=O)NC2=O)c2ccc(CC[C@H]3CC[C@@H](C(=O)N4CC[C@H]5CC[C@@H](C(=O)N[C@@H](CCC(N)=O)C(=O)NC(c6ccccc6)c6ccccc6)N5C(=O)[C@@H](NC(=O)OC(C)(C)C)C4)CC3)cc21. The normalized spacial score (nSPS) is 22.8. The Morgan fingerprint density at radius 1 is 0.811 bits per heavy atom. The number of aryl methyl sites for hydroxylation is 2. The van der Waals surface area contributed by atoms with Crippen molar-refractivity contribution >= 4 is 58.5 Å². The Hall–Kier alpha value is -7.31. The predicted octanol–water partition coefficient (Wildman–Crippen LogP) is 4.20. The number of ether oxygens (including phenoxy) is 1. The van der Waals surface area contributed by atoms with Gasteiger partial charge in [0.05, 0.1) is 23.6 Å². The fourth-order valence-electron chi connectivity index (χ4n) is 11.2. The highest BCUT2D eigenvalue weighted by Gasteiger charge is 2.47. The number of fused-ring (bicyclic) bond motifs is 2. The van der Waals surface area contributed by atoms with E-state index < -0.39 is 77.5 Å². The van der Waals surface area contributed by atoms with Gasteiger partial charge >= 0.3 is 11.8 Å². The fraction of sp³-hybridized carbons (Fsp3) is 0.509. The second-order valence-corrected chi connectivity index (χ2v) is 21.4. The van der Waals surface area contributed by atoms with Crippen molar-refractivity contribution in [2.45, 2.75) is 146 Å². The zero-order valence-corrected chi connectivity index (χ0v) is 42.7. The lowest BCUT2D eigenvalue weighted by Crippen LogP contribution is -2.62. The van der Waals surface area contributed by atoms with E-state index in [0.29, 0.717) is 42.6 Å². The minimum Gasteiger partial charge on any atom is -0.444 e. The molecule has 8 amide bonds. The van der Waals surface area contributed by atoms with Crippen molar-refractivity contribution in [2.24, 2.45) is 24.6 Å². The summed E-state index contributed by atoms with van der Waals surface area (Å²) in [4.78, 5) is 124. The van der Waals surface area contributed by atoms with Crippen LogP contribution >= 0.6 is 0 Å². The Balaban J connectivity index is 0.920. The average molecular weight is 1020 g/mol. The topological polar surface area (TPSA) is 253 Å². The fourth-order valence-corrected chi connectivity index (χ4v) is 11.2. The van der Waals surface area contributed by atoms with Crippen LogP contribution in [0.3, 0.4) is 0 Å². The first-order chi connectivity index (χ1) is 35.3. The summed E-state index contributed by atoms with van der Waals surface area (Å²) in [6, 6.07) is 19.3. The molecule has 4 heterocycles. The summed E-state index contributed by atoms with van der Waals surface area (Å²) in [5, 5.41) is 11.0. The summed E-state index contributed by atoms with van der Waals surface area (Å²) >= 11 is 0. The lowest BCUT2D eigenvalue weighted by atomic mass is 9.79. The van der Waals surface area contributed by atoms with Crippen molar-refractivity contribution in [2.75, 3.05) is 13.1 Å². The van der Waals surface area contributed by atoms with Gasteiger partial charge in [-0.1, -0.05) is 66.7 Å². The summed E-state index contributed by atoms with van der Waals surface area (Å²) in [5.74, 6) is -3.16. The molecule has 0 radical (unpaired) electrons. The molecule has 19 heteroatoms. The van der Waals surface area contributed by atoms with Gasteiger partial charge in [0.1, 0.15) is 29.8 Å². The Labute approximate surface area is 430 Å². The van der Waals surface area contributed by atoms with Crippen LogP contribution in [0.1, 0.15) is 127 Å². The molecule has 0 spiro atoms. The van der Waals surface area contributed by atoms with Gasteiger partial charge in [-0.2, -0.15) is 0 Å². The molecular formula is C55H69N9O10. The number of nitrogens with two attached hydrogens (primary N) is 1. The third-order valence-electron chi connectivity index (χ3n) is 15.1. The molecule has 0 bridgehead atoms. The second kappa shape index (κ2) is 22.8. The molecule has 3 aliphatic heterocycles. The largest absolute Gasteiger partial charge is 0.444 e. The third-order valence-corrected chi connectivity index (χ3v) is 15.1. The Bertz CT molecular complexity index is 2780. The average Bonchev–Trinajstić information content (AvgIpc) is 3.90. The highest BCUT2D eigenvalue weighted by atomic mass is 16.6. The zero-order chi connectivity index (χ0) is 52.8. The van der Waals surface area contributed by atoms with Crippen molar-refractivity contribution in [1.29, 1.82) is 0 Å². The molecule has 8 rings (SSSR count). The number of nitrogens with zero attached hydrogens (tertiary/aromatic N) is 4. The van der Waals surface area contributed by atoms with E-state index in [1.165, 1.54) is 14.0 Å². The smallest absolute Gasteiger partial charge is 0.408 e. The number of carbonyl (C=O) groups excluding carboxylic acids is 8. The van der Waals surface area contributed by atoms with E-state index >= 15 is 0 Å². The maximum Gasteiger partial charge on any atom is 0.408 e. The second-order valence-electron chi connectivity index (χ2n) is 21.4. The van der Waals surface area contributed by atoms with E-state index in [1.807, 2.05) is 78.9 Å². The first kappa shape index (κ1) is 53.0. The Morgan fingerprint density at radius 3 is 2.12 bits per heavy atom. The van der Waals surface area contributed by atoms with E-state index in [-0.39, 0.29) is 68.6 Å². The molecule has 1 unspecified atom stereocenters. The minimum absolute atomic E-state index is 0.0840. The van der Waals surface area contributed by atoms with Crippen LogP contribution < -0.4 is 32.7 Å². The van der Waals surface area contributed by atoms with Crippen molar-refractivity contribution in [3.8, 4) is 0 Å². The third kappa shape index (κ3) is 12.4. The van der Waals surface area contributed by atoms with Crippen LogP contribution in [-0.2, 0) is 51.8 Å². The number of rotatable bonds is 15. The van der Waals surface area contributed by atoms with Crippen molar-refractivity contribution in [1.82, 2.24) is 40.2 Å². The van der Waals surface area contributed by atoms with E-state index in [0.717, 1.165) is 42.4 Å². The molecule has 394 valence electrons. The van der Waals surface area contributed by atoms with E-state index in [9.17, 15) is 43.2 Å². The molecule has 74 heavy (non-hydrogen) atoms. The summed E-state index contributed by atoms with van der Waals surface area (Å²) in [6.07, 6.45) is 4.98. The molecule has 1 aliphatic carbocycles. The first-order valence-electron chi connectivity index (χ1n) is 26.0. The summed E-state index contributed by atoms with van der Waals surface area (Å²) in [6.45, 7) is 5.26. The van der Waals surface area contributed by atoms with Crippen LogP contribution in [0, 0.1) is 11.8 Å². The maximum atomic E-state index is 14.8. The van der Waals surface area contributed by atoms with Gasteiger partial charge in [-0.25, -0.2) is 9.59 Å². The van der Waals surface area contributed by atoms with Crippen molar-refractivity contribution < 1.29 is 43.1 Å². The van der Waals surface area contributed by atoms with E-state index in [2.05, 4.69) is 21.3 Å². The van der Waals surface area contributed by atoms with E-state index in [1.54, 1.807) is 32.7 Å². The Kier molecular flexibility index (Phi) is 16.4. The number of amides is 8. The highest BCUT2D eigenvalue weighted by molar-refractivity contribution is 6.00. The number of carbonyl (C=O) groups is 8. The van der Waals surface area contributed by atoms with Gasteiger partial charge in [-0.15, -0.1) is 0 Å². The van der Waals surface area contributed by atoms with Gasteiger partial charge in [0, 0.05) is 38.4 Å².